The van der Waals surface area contributed by atoms with E-state index in [1.54, 1.807) is 24.3 Å². The fourth-order valence-corrected chi connectivity index (χ4v) is 4.58. The van der Waals surface area contributed by atoms with Crippen LogP contribution in [0.25, 0.3) is 11.3 Å². The number of nitrogens with one attached hydrogen (secondary N) is 1. The van der Waals surface area contributed by atoms with Gasteiger partial charge in [-0.05, 0) is 60.5 Å². The number of nitrogens with zero attached hydrogens (tertiary/aromatic N) is 3. The molecule has 0 amide bonds. The van der Waals surface area contributed by atoms with Crippen LogP contribution in [0.3, 0.4) is 0 Å². The van der Waals surface area contributed by atoms with Crippen molar-refractivity contribution in [3.63, 3.8) is 0 Å². The molecule has 5 nitrogen and oxygen atoms in total. The molecule has 3 aromatic carbocycles. The molecule has 182 valence electrons. The molecule has 0 spiro atoms. The number of rotatable bonds is 7. The highest BCUT2D eigenvalue weighted by molar-refractivity contribution is 5.76. The van der Waals surface area contributed by atoms with E-state index in [0.29, 0.717) is 31.7 Å². The maximum absolute atomic E-state index is 13.6. The lowest BCUT2D eigenvalue weighted by molar-refractivity contribution is 0.259. The van der Waals surface area contributed by atoms with Crippen molar-refractivity contribution in [2.45, 2.75) is 25.6 Å². The minimum Gasteiger partial charge on any atom is -0.358 e. The van der Waals surface area contributed by atoms with Crippen LogP contribution in [0.15, 0.2) is 96.9 Å². The third kappa shape index (κ3) is 4.93. The van der Waals surface area contributed by atoms with Gasteiger partial charge in [0.2, 0.25) is 0 Å². The Hall–Kier alpha value is -4.19. The summed E-state index contributed by atoms with van der Waals surface area (Å²) < 4.78 is 29.2. The second kappa shape index (κ2) is 10.2. The molecule has 1 atom stereocenters. The van der Waals surface area contributed by atoms with Crippen LogP contribution < -0.4 is 11.1 Å². The largest absolute Gasteiger partial charge is 0.358 e. The zero-order valence-corrected chi connectivity index (χ0v) is 19.8. The summed E-state index contributed by atoms with van der Waals surface area (Å²) in [7, 11) is 0. The Labute approximate surface area is 209 Å². The van der Waals surface area contributed by atoms with Crippen LogP contribution in [0.1, 0.15) is 11.4 Å². The molecule has 5 rings (SSSR count). The van der Waals surface area contributed by atoms with E-state index in [0.717, 1.165) is 34.2 Å². The molecule has 0 radical (unpaired) electrons. The second-order valence-corrected chi connectivity index (χ2v) is 8.80. The van der Waals surface area contributed by atoms with Crippen LogP contribution in [0, 0.1) is 11.6 Å². The molecule has 4 aromatic rings. The summed E-state index contributed by atoms with van der Waals surface area (Å²) in [6.07, 6.45) is 0.682. The van der Waals surface area contributed by atoms with Crippen molar-refractivity contribution in [2.24, 2.45) is 5.73 Å². The summed E-state index contributed by atoms with van der Waals surface area (Å²) in [5.74, 6) is 1.00. The molecule has 1 aliphatic rings. The summed E-state index contributed by atoms with van der Waals surface area (Å²) >= 11 is 0. The fraction of sp³-hybridized carbons (Fsp3) is 0.172. The first-order valence-corrected chi connectivity index (χ1v) is 11.8. The third-order valence-electron chi connectivity index (χ3n) is 6.37. The van der Waals surface area contributed by atoms with E-state index in [9.17, 15) is 8.78 Å². The number of benzene rings is 3. The molecule has 36 heavy (non-hydrogen) atoms. The highest BCUT2D eigenvalue weighted by Gasteiger charge is 2.27. The van der Waals surface area contributed by atoms with Crippen molar-refractivity contribution in [1.29, 1.82) is 0 Å². The normalized spacial score (nSPS) is 13.6. The Bertz CT molecular complexity index is 1390. The lowest BCUT2D eigenvalue weighted by Gasteiger charge is -2.33. The first kappa shape index (κ1) is 23.5. The smallest absolute Gasteiger partial charge is 0.138 e. The van der Waals surface area contributed by atoms with Gasteiger partial charge in [-0.3, -0.25) is 0 Å². The molecular weight excluding hydrogens is 456 g/mol. The van der Waals surface area contributed by atoms with Gasteiger partial charge in [-0.2, -0.15) is 0 Å². The van der Waals surface area contributed by atoms with E-state index in [4.69, 9.17) is 10.7 Å². The number of aromatic nitrogens is 2. The summed E-state index contributed by atoms with van der Waals surface area (Å²) in [6, 6.07) is 22.3. The number of hydrogen-bond acceptors (Lipinski definition) is 4. The molecule has 0 aliphatic carbocycles. The topological polar surface area (TPSA) is 59.1 Å². The van der Waals surface area contributed by atoms with E-state index in [-0.39, 0.29) is 17.7 Å². The van der Waals surface area contributed by atoms with Crippen molar-refractivity contribution < 1.29 is 8.78 Å². The van der Waals surface area contributed by atoms with Gasteiger partial charge in [-0.1, -0.05) is 36.9 Å². The van der Waals surface area contributed by atoms with Crippen LogP contribution in [-0.2, 0) is 19.5 Å². The van der Waals surface area contributed by atoms with Crippen molar-refractivity contribution >= 4 is 11.5 Å². The Morgan fingerprint density at radius 3 is 2.31 bits per heavy atom. The summed E-state index contributed by atoms with van der Waals surface area (Å²) in [5, 5.41) is 3.40. The number of halogens is 2. The molecule has 1 unspecified atom stereocenters. The van der Waals surface area contributed by atoms with Crippen LogP contribution >= 0.6 is 0 Å². The number of fused-ring (bicyclic) bond motifs is 1. The quantitative estimate of drug-likeness (QED) is 0.335. The Balaban J connectivity index is 1.45. The van der Waals surface area contributed by atoms with Gasteiger partial charge in [-0.25, -0.2) is 13.8 Å². The molecule has 0 bridgehead atoms. The van der Waals surface area contributed by atoms with Gasteiger partial charge in [0, 0.05) is 24.3 Å². The standard InChI is InChI=1S/C29H27F2N5/c1-2-26(25(32)18-20-6-4-3-5-7-20)35-16-17-36-27(19-35)34-28(21-8-10-22(30)11-9-21)29(36)33-24-14-12-23(31)13-15-24/h3-15,25,33H,1,16-19,32H2. The lowest BCUT2D eigenvalue weighted by Crippen LogP contribution is -2.40. The highest BCUT2D eigenvalue weighted by Crippen LogP contribution is 2.34. The zero-order chi connectivity index (χ0) is 25.1. The summed E-state index contributed by atoms with van der Waals surface area (Å²) in [6.45, 7) is 5.78. The Morgan fingerprint density at radius 2 is 1.64 bits per heavy atom. The molecule has 0 saturated carbocycles. The Morgan fingerprint density at radius 1 is 0.972 bits per heavy atom. The molecule has 1 aliphatic heterocycles. The van der Waals surface area contributed by atoms with Crippen molar-refractivity contribution in [3.8, 4) is 11.3 Å². The number of nitrogens with two attached hydrogens (primary N) is 1. The average molecular weight is 484 g/mol. The average Bonchev–Trinajstić information content (AvgIpc) is 3.24. The molecule has 1 aromatic heterocycles. The highest BCUT2D eigenvalue weighted by atomic mass is 19.1. The number of imidazole rings is 1. The first-order valence-electron chi connectivity index (χ1n) is 11.8. The molecular formula is C29H27F2N5. The van der Waals surface area contributed by atoms with Gasteiger partial charge in [0.1, 0.15) is 29.0 Å². The summed E-state index contributed by atoms with van der Waals surface area (Å²) in [5.41, 5.74) is 13.9. The molecule has 2 heterocycles. The molecule has 7 heteroatoms. The molecule has 3 N–H and O–H groups in total. The second-order valence-electron chi connectivity index (χ2n) is 8.80. The monoisotopic (exact) mass is 483 g/mol. The van der Waals surface area contributed by atoms with E-state index >= 15 is 0 Å². The van der Waals surface area contributed by atoms with Gasteiger partial charge < -0.3 is 20.5 Å². The minimum atomic E-state index is -0.310. The third-order valence-corrected chi connectivity index (χ3v) is 6.37. The van der Waals surface area contributed by atoms with E-state index in [1.807, 2.05) is 18.2 Å². The van der Waals surface area contributed by atoms with Gasteiger partial charge in [-0.15, -0.1) is 5.73 Å². The lowest BCUT2D eigenvalue weighted by atomic mass is 10.0. The predicted molar refractivity (Wildman–Crippen MR) is 138 cm³/mol. The first-order chi connectivity index (χ1) is 17.5. The van der Waals surface area contributed by atoms with Crippen LogP contribution in [0.5, 0.6) is 0 Å². The maximum atomic E-state index is 13.6. The maximum Gasteiger partial charge on any atom is 0.138 e. The van der Waals surface area contributed by atoms with Gasteiger partial charge in [0.15, 0.2) is 0 Å². The number of anilines is 2. The van der Waals surface area contributed by atoms with E-state index < -0.39 is 0 Å². The van der Waals surface area contributed by atoms with E-state index in [1.165, 1.54) is 24.3 Å². The zero-order valence-electron chi connectivity index (χ0n) is 19.8. The van der Waals surface area contributed by atoms with Crippen molar-refractivity contribution in [1.82, 2.24) is 14.5 Å². The Kier molecular flexibility index (Phi) is 6.67. The van der Waals surface area contributed by atoms with Gasteiger partial charge in [0.25, 0.3) is 0 Å². The SMILES string of the molecule is C=C=C(C(N)Cc1ccccc1)N1CCn2c(nc(-c3ccc(F)cc3)c2Nc2ccc(F)cc2)C1. The van der Waals surface area contributed by atoms with Crippen LogP contribution in [0.4, 0.5) is 20.3 Å². The van der Waals surface area contributed by atoms with Crippen molar-refractivity contribution in [2.75, 3.05) is 11.9 Å². The minimum absolute atomic E-state index is 0.250. The van der Waals surface area contributed by atoms with Crippen molar-refractivity contribution in [3.05, 3.63) is 120 Å². The predicted octanol–water partition coefficient (Wildman–Crippen LogP) is 5.63. The van der Waals surface area contributed by atoms with Crippen LogP contribution in [0.2, 0.25) is 0 Å². The molecule has 0 saturated heterocycles. The van der Waals surface area contributed by atoms with E-state index in [2.05, 4.69) is 39.2 Å². The summed E-state index contributed by atoms with van der Waals surface area (Å²) in [4.78, 5) is 7.10. The number of hydrogen-bond donors (Lipinski definition) is 2. The van der Waals surface area contributed by atoms with Crippen LogP contribution in [-0.4, -0.2) is 27.0 Å². The van der Waals surface area contributed by atoms with Gasteiger partial charge >= 0.3 is 0 Å². The van der Waals surface area contributed by atoms with Gasteiger partial charge in [0.05, 0.1) is 18.3 Å². The molecule has 0 fully saturated rings. The fourth-order valence-electron chi connectivity index (χ4n) is 4.58.